The SMILES string of the molecule is CCn1cc(C#N)c(=O)n(CC(O)COc2ccc(C(C)(C)C)cc2)c1=O. The fourth-order valence-corrected chi connectivity index (χ4v) is 2.62. The lowest BCUT2D eigenvalue weighted by Crippen LogP contribution is -2.44. The molecule has 1 aromatic heterocycles. The van der Waals surface area contributed by atoms with Gasteiger partial charge in [-0.25, -0.2) is 4.79 Å². The van der Waals surface area contributed by atoms with Crippen molar-refractivity contribution in [1.82, 2.24) is 9.13 Å². The van der Waals surface area contributed by atoms with Gasteiger partial charge in [0, 0.05) is 12.7 Å². The van der Waals surface area contributed by atoms with Crippen LogP contribution in [0, 0.1) is 11.3 Å². The molecule has 1 N–H and O–H groups in total. The maximum Gasteiger partial charge on any atom is 0.331 e. The van der Waals surface area contributed by atoms with Crippen LogP contribution in [0.1, 0.15) is 38.8 Å². The van der Waals surface area contributed by atoms with Crippen molar-refractivity contribution >= 4 is 0 Å². The zero-order chi connectivity index (χ0) is 20.2. The van der Waals surface area contributed by atoms with Gasteiger partial charge in [0.2, 0.25) is 0 Å². The molecule has 0 aliphatic heterocycles. The highest BCUT2D eigenvalue weighted by Gasteiger charge is 2.16. The number of aliphatic hydroxyl groups is 1. The Balaban J connectivity index is 2.11. The molecule has 0 saturated carbocycles. The second-order valence-corrected chi connectivity index (χ2v) is 7.38. The molecule has 0 spiro atoms. The van der Waals surface area contributed by atoms with Crippen LogP contribution in [-0.4, -0.2) is 27.0 Å². The summed E-state index contributed by atoms with van der Waals surface area (Å²) in [4.78, 5) is 24.5. The van der Waals surface area contributed by atoms with Gasteiger partial charge in [-0.2, -0.15) is 5.26 Å². The molecule has 27 heavy (non-hydrogen) atoms. The van der Waals surface area contributed by atoms with Gasteiger partial charge >= 0.3 is 5.69 Å². The Labute approximate surface area is 158 Å². The van der Waals surface area contributed by atoms with E-state index in [4.69, 9.17) is 10.00 Å². The molecule has 1 heterocycles. The average Bonchev–Trinajstić information content (AvgIpc) is 2.63. The fourth-order valence-electron chi connectivity index (χ4n) is 2.62. The first kappa shape index (κ1) is 20.5. The van der Waals surface area contributed by atoms with E-state index in [2.05, 4.69) is 20.8 Å². The normalized spacial score (nSPS) is 12.4. The summed E-state index contributed by atoms with van der Waals surface area (Å²) in [7, 11) is 0. The summed E-state index contributed by atoms with van der Waals surface area (Å²) in [5.74, 6) is 0.589. The Kier molecular flexibility index (Phi) is 6.24. The standard InChI is InChI=1S/C20H25N3O4/c1-5-22-11-14(10-21)18(25)23(19(22)26)12-16(24)13-27-17-8-6-15(7-9-17)20(2,3)4/h6-9,11,16,24H,5,12-13H2,1-4H3. The van der Waals surface area contributed by atoms with Crippen molar-refractivity contribution in [2.45, 2.75) is 52.3 Å². The summed E-state index contributed by atoms with van der Waals surface area (Å²) in [6, 6.07) is 9.34. The zero-order valence-electron chi connectivity index (χ0n) is 16.1. The first-order chi connectivity index (χ1) is 12.7. The third kappa shape index (κ3) is 4.86. The van der Waals surface area contributed by atoms with Crippen LogP contribution in [0.5, 0.6) is 5.75 Å². The van der Waals surface area contributed by atoms with E-state index in [0.717, 1.165) is 10.1 Å². The molecule has 0 bridgehead atoms. The molecule has 0 saturated heterocycles. The summed E-state index contributed by atoms with van der Waals surface area (Å²) >= 11 is 0. The van der Waals surface area contributed by atoms with Crippen molar-refractivity contribution in [1.29, 1.82) is 5.26 Å². The number of benzene rings is 1. The molecule has 2 rings (SSSR count). The summed E-state index contributed by atoms with van der Waals surface area (Å²) in [5.41, 5.74) is -0.210. The topological polar surface area (TPSA) is 97.2 Å². The molecule has 0 amide bonds. The molecule has 0 fully saturated rings. The van der Waals surface area contributed by atoms with E-state index in [0.29, 0.717) is 12.3 Å². The largest absolute Gasteiger partial charge is 0.491 e. The van der Waals surface area contributed by atoms with Gasteiger partial charge in [0.05, 0.1) is 6.54 Å². The molecule has 1 aromatic carbocycles. The smallest absolute Gasteiger partial charge is 0.331 e. The molecule has 7 heteroatoms. The number of ether oxygens (including phenoxy) is 1. The first-order valence-electron chi connectivity index (χ1n) is 8.83. The zero-order valence-corrected chi connectivity index (χ0v) is 16.1. The van der Waals surface area contributed by atoms with E-state index in [1.54, 1.807) is 13.0 Å². The quantitative estimate of drug-likeness (QED) is 0.832. The van der Waals surface area contributed by atoms with Gasteiger partial charge in [-0.1, -0.05) is 32.9 Å². The molecule has 7 nitrogen and oxygen atoms in total. The first-order valence-corrected chi connectivity index (χ1v) is 8.83. The molecule has 1 atom stereocenters. The maximum atomic E-state index is 12.3. The molecule has 2 aromatic rings. The highest BCUT2D eigenvalue weighted by molar-refractivity contribution is 5.31. The van der Waals surface area contributed by atoms with Crippen LogP contribution in [0.15, 0.2) is 40.1 Å². The van der Waals surface area contributed by atoms with Crippen molar-refractivity contribution < 1.29 is 9.84 Å². The van der Waals surface area contributed by atoms with Crippen LogP contribution in [0.2, 0.25) is 0 Å². The van der Waals surface area contributed by atoms with E-state index in [1.807, 2.05) is 24.3 Å². The van der Waals surface area contributed by atoms with Gasteiger partial charge in [0.15, 0.2) is 0 Å². The van der Waals surface area contributed by atoms with Crippen molar-refractivity contribution in [2.24, 2.45) is 0 Å². The minimum Gasteiger partial charge on any atom is -0.491 e. The molecule has 0 aliphatic rings. The fraction of sp³-hybridized carbons (Fsp3) is 0.450. The number of aromatic nitrogens is 2. The van der Waals surface area contributed by atoms with Gasteiger partial charge in [-0.05, 0) is 30.0 Å². The summed E-state index contributed by atoms with van der Waals surface area (Å²) in [5, 5.41) is 19.3. The Bertz CT molecular complexity index is 944. The Morgan fingerprint density at radius 1 is 1.22 bits per heavy atom. The molecule has 144 valence electrons. The van der Waals surface area contributed by atoms with E-state index in [1.165, 1.54) is 10.8 Å². The number of hydrogen-bond donors (Lipinski definition) is 1. The number of aryl methyl sites for hydroxylation is 1. The van der Waals surface area contributed by atoms with E-state index in [9.17, 15) is 14.7 Å². The summed E-state index contributed by atoms with van der Waals surface area (Å²) < 4.78 is 7.70. The number of nitrogens with zero attached hydrogens (tertiary/aromatic N) is 3. The summed E-state index contributed by atoms with van der Waals surface area (Å²) in [6.07, 6.45) is 0.165. The Morgan fingerprint density at radius 2 is 1.85 bits per heavy atom. The van der Waals surface area contributed by atoms with Crippen LogP contribution in [0.3, 0.4) is 0 Å². The van der Waals surface area contributed by atoms with Gasteiger partial charge in [0.1, 0.15) is 30.1 Å². The minimum absolute atomic E-state index is 0.0319. The number of hydrogen-bond acceptors (Lipinski definition) is 5. The minimum atomic E-state index is -1.07. The van der Waals surface area contributed by atoms with Crippen molar-refractivity contribution in [3.63, 3.8) is 0 Å². The highest BCUT2D eigenvalue weighted by atomic mass is 16.5. The van der Waals surface area contributed by atoms with Gasteiger partial charge in [-0.15, -0.1) is 0 Å². The lowest BCUT2D eigenvalue weighted by Gasteiger charge is -2.19. The van der Waals surface area contributed by atoms with Gasteiger partial charge in [0.25, 0.3) is 5.56 Å². The molecule has 1 unspecified atom stereocenters. The Morgan fingerprint density at radius 3 is 2.37 bits per heavy atom. The average molecular weight is 371 g/mol. The molecular weight excluding hydrogens is 346 g/mol. The number of rotatable bonds is 6. The maximum absolute atomic E-state index is 12.3. The monoisotopic (exact) mass is 371 g/mol. The van der Waals surface area contributed by atoms with E-state index < -0.39 is 17.4 Å². The predicted octanol–water partition coefficient (Wildman–Crippen LogP) is 1.64. The second kappa shape index (κ2) is 8.23. The van der Waals surface area contributed by atoms with Crippen LogP contribution < -0.4 is 16.0 Å². The van der Waals surface area contributed by atoms with Crippen molar-refractivity contribution in [2.75, 3.05) is 6.61 Å². The molecule has 0 radical (unpaired) electrons. The predicted molar refractivity (Wildman–Crippen MR) is 102 cm³/mol. The van der Waals surface area contributed by atoms with E-state index >= 15 is 0 Å². The third-order valence-electron chi connectivity index (χ3n) is 4.25. The molecule has 0 aliphatic carbocycles. The summed E-state index contributed by atoms with van der Waals surface area (Å²) in [6.45, 7) is 8.07. The van der Waals surface area contributed by atoms with E-state index in [-0.39, 0.29) is 24.1 Å². The number of nitriles is 1. The highest BCUT2D eigenvalue weighted by Crippen LogP contribution is 2.24. The van der Waals surface area contributed by atoms with Crippen LogP contribution in [0.4, 0.5) is 0 Å². The van der Waals surface area contributed by atoms with Crippen LogP contribution in [0.25, 0.3) is 0 Å². The van der Waals surface area contributed by atoms with Crippen LogP contribution in [-0.2, 0) is 18.5 Å². The van der Waals surface area contributed by atoms with Crippen molar-refractivity contribution in [3.05, 3.63) is 62.4 Å². The Hall–Kier alpha value is -2.85. The van der Waals surface area contributed by atoms with Gasteiger partial charge < -0.3 is 9.84 Å². The van der Waals surface area contributed by atoms with Crippen LogP contribution >= 0.6 is 0 Å². The second-order valence-electron chi connectivity index (χ2n) is 7.38. The lowest BCUT2D eigenvalue weighted by molar-refractivity contribution is 0.0899. The van der Waals surface area contributed by atoms with Gasteiger partial charge in [-0.3, -0.25) is 13.9 Å². The van der Waals surface area contributed by atoms with Crippen molar-refractivity contribution in [3.8, 4) is 11.8 Å². The lowest BCUT2D eigenvalue weighted by atomic mass is 9.87. The third-order valence-corrected chi connectivity index (χ3v) is 4.25. The number of aliphatic hydroxyl groups excluding tert-OH is 1. The molecular formula is C20H25N3O4.